The Morgan fingerprint density at radius 2 is 1.68 bits per heavy atom. The van der Waals surface area contributed by atoms with E-state index in [2.05, 4.69) is 46.8 Å². The van der Waals surface area contributed by atoms with Crippen LogP contribution in [0.3, 0.4) is 0 Å². The monoisotopic (exact) mass is 472 g/mol. The van der Waals surface area contributed by atoms with E-state index in [1.54, 1.807) is 6.21 Å². The molecular weight excluding hydrogens is 447 g/mol. The smallest absolute Gasteiger partial charge is 0.256 e. The maximum atomic E-state index is 13.2. The molecule has 0 saturated heterocycles. The molecule has 5 nitrogen and oxygen atoms in total. The molecule has 0 unspecified atom stereocenters. The molecule has 0 aliphatic rings. The molecule has 0 fully saturated rings. The van der Waals surface area contributed by atoms with Gasteiger partial charge in [-0.05, 0) is 48.2 Å². The molecule has 4 aromatic rings. The number of anilines is 2. The number of hydrogen-bond acceptors (Lipinski definition) is 5. The number of hydrogen-bond donors (Lipinski definition) is 2. The van der Waals surface area contributed by atoms with Gasteiger partial charge in [-0.25, -0.2) is 9.37 Å². The zero-order chi connectivity index (χ0) is 24.1. The van der Waals surface area contributed by atoms with Gasteiger partial charge in [0.2, 0.25) is 5.13 Å². The summed E-state index contributed by atoms with van der Waals surface area (Å²) >= 11 is 1.28. The van der Waals surface area contributed by atoms with Crippen LogP contribution in [0.15, 0.2) is 77.9 Å². The van der Waals surface area contributed by atoms with Gasteiger partial charge >= 0.3 is 0 Å². The van der Waals surface area contributed by atoms with Gasteiger partial charge in [0.25, 0.3) is 5.91 Å². The molecule has 1 heterocycles. The summed E-state index contributed by atoms with van der Waals surface area (Å²) in [6.45, 7) is 6.33. The van der Waals surface area contributed by atoms with E-state index in [9.17, 15) is 9.18 Å². The molecule has 0 bridgehead atoms. The minimum Gasteiger partial charge on any atom is -0.312 e. The molecule has 2 N–H and O–H groups in total. The summed E-state index contributed by atoms with van der Waals surface area (Å²) in [5.41, 5.74) is 8.21. The highest BCUT2D eigenvalue weighted by Crippen LogP contribution is 2.36. The van der Waals surface area contributed by atoms with E-state index < -0.39 is 5.82 Å². The van der Waals surface area contributed by atoms with E-state index in [1.807, 2.05) is 43.3 Å². The minimum atomic E-state index is -0.391. The summed E-state index contributed by atoms with van der Waals surface area (Å²) in [6.07, 6.45) is 1.73. The van der Waals surface area contributed by atoms with Crippen molar-refractivity contribution in [3.05, 3.63) is 101 Å². The zero-order valence-corrected chi connectivity index (χ0v) is 20.0. The number of carbonyl (C=O) groups excluding carboxylic acids is 1. The van der Waals surface area contributed by atoms with Crippen LogP contribution in [0, 0.1) is 12.7 Å². The second-order valence-corrected chi connectivity index (χ2v) is 9.21. The SMILES string of the molecule is Cc1ccc(-c2nc(N/N=C/c3ccc(C(C)C)cc3)sc2NC(=O)c2ccc(F)cc2)cc1. The summed E-state index contributed by atoms with van der Waals surface area (Å²) in [5.74, 6) is -0.252. The topological polar surface area (TPSA) is 66.4 Å². The van der Waals surface area contributed by atoms with E-state index in [1.165, 1.54) is 41.2 Å². The lowest BCUT2D eigenvalue weighted by atomic mass is 10.0. The number of aryl methyl sites for hydroxylation is 1. The van der Waals surface area contributed by atoms with Crippen LogP contribution in [0.5, 0.6) is 0 Å². The van der Waals surface area contributed by atoms with E-state index in [4.69, 9.17) is 0 Å². The lowest BCUT2D eigenvalue weighted by Crippen LogP contribution is -2.11. The molecule has 7 heteroatoms. The van der Waals surface area contributed by atoms with Crippen LogP contribution in [0.1, 0.15) is 46.8 Å². The summed E-state index contributed by atoms with van der Waals surface area (Å²) in [4.78, 5) is 17.4. The Labute approximate surface area is 202 Å². The first-order chi connectivity index (χ1) is 16.4. The average Bonchev–Trinajstić information content (AvgIpc) is 3.22. The number of carbonyl (C=O) groups is 1. The number of thiazole rings is 1. The number of nitrogens with zero attached hydrogens (tertiary/aromatic N) is 2. The molecule has 0 aliphatic heterocycles. The normalized spacial score (nSPS) is 11.2. The quantitative estimate of drug-likeness (QED) is 0.223. The fourth-order valence-corrected chi connectivity index (χ4v) is 4.10. The van der Waals surface area contributed by atoms with Crippen molar-refractivity contribution in [1.29, 1.82) is 0 Å². The van der Waals surface area contributed by atoms with E-state index in [-0.39, 0.29) is 5.91 Å². The first-order valence-corrected chi connectivity index (χ1v) is 11.7. The van der Waals surface area contributed by atoms with Gasteiger partial charge in [0.15, 0.2) is 0 Å². The molecule has 4 rings (SSSR count). The second kappa shape index (κ2) is 10.4. The molecule has 172 valence electrons. The van der Waals surface area contributed by atoms with Crippen LogP contribution >= 0.6 is 11.3 Å². The third-order valence-corrected chi connectivity index (χ3v) is 6.14. The van der Waals surface area contributed by atoms with Crippen molar-refractivity contribution >= 4 is 33.6 Å². The van der Waals surface area contributed by atoms with Crippen LogP contribution in [0.2, 0.25) is 0 Å². The Kier molecular flexibility index (Phi) is 7.13. The molecule has 34 heavy (non-hydrogen) atoms. The first kappa shape index (κ1) is 23.3. The Morgan fingerprint density at radius 1 is 1.00 bits per heavy atom. The van der Waals surface area contributed by atoms with Crippen molar-refractivity contribution in [2.24, 2.45) is 5.10 Å². The van der Waals surface area contributed by atoms with Gasteiger partial charge in [-0.2, -0.15) is 5.10 Å². The second-order valence-electron chi connectivity index (χ2n) is 8.22. The maximum Gasteiger partial charge on any atom is 0.256 e. The molecule has 0 spiro atoms. The first-order valence-electron chi connectivity index (χ1n) is 10.9. The molecule has 0 aliphatic carbocycles. The highest BCUT2D eigenvalue weighted by Gasteiger charge is 2.16. The van der Waals surface area contributed by atoms with Gasteiger partial charge in [-0.3, -0.25) is 10.2 Å². The van der Waals surface area contributed by atoms with Crippen LogP contribution in [0.4, 0.5) is 14.5 Å². The molecule has 1 amide bonds. The fourth-order valence-electron chi connectivity index (χ4n) is 3.27. The largest absolute Gasteiger partial charge is 0.312 e. The number of nitrogens with one attached hydrogen (secondary N) is 2. The van der Waals surface area contributed by atoms with Crippen molar-refractivity contribution < 1.29 is 9.18 Å². The lowest BCUT2D eigenvalue weighted by molar-refractivity contribution is 0.102. The number of amides is 1. The summed E-state index contributed by atoms with van der Waals surface area (Å²) in [7, 11) is 0. The van der Waals surface area contributed by atoms with Crippen LogP contribution < -0.4 is 10.7 Å². The number of aromatic nitrogens is 1. The predicted molar refractivity (Wildman–Crippen MR) is 138 cm³/mol. The molecule has 0 atom stereocenters. The molecule has 0 saturated carbocycles. The highest BCUT2D eigenvalue weighted by molar-refractivity contribution is 7.20. The van der Waals surface area contributed by atoms with Gasteiger partial charge < -0.3 is 5.32 Å². The third kappa shape index (κ3) is 5.74. The van der Waals surface area contributed by atoms with E-state index in [0.29, 0.717) is 27.3 Å². The van der Waals surface area contributed by atoms with Gasteiger partial charge in [0, 0.05) is 11.1 Å². The maximum absolute atomic E-state index is 13.2. The van der Waals surface area contributed by atoms with Gasteiger partial charge in [0.1, 0.15) is 16.5 Å². The number of benzene rings is 3. The van der Waals surface area contributed by atoms with E-state index in [0.717, 1.165) is 16.7 Å². The van der Waals surface area contributed by atoms with Crippen LogP contribution in [0.25, 0.3) is 11.3 Å². The lowest BCUT2D eigenvalue weighted by Gasteiger charge is -2.06. The van der Waals surface area contributed by atoms with Crippen molar-refractivity contribution in [3.8, 4) is 11.3 Å². The Morgan fingerprint density at radius 3 is 2.32 bits per heavy atom. The number of halogens is 1. The Hall–Kier alpha value is -3.84. The fraction of sp³-hybridized carbons (Fsp3) is 0.148. The van der Waals surface area contributed by atoms with Crippen LogP contribution in [-0.4, -0.2) is 17.1 Å². The van der Waals surface area contributed by atoms with Crippen molar-refractivity contribution in [1.82, 2.24) is 4.98 Å². The predicted octanol–water partition coefficient (Wildman–Crippen LogP) is 7.08. The average molecular weight is 473 g/mol. The van der Waals surface area contributed by atoms with Crippen molar-refractivity contribution in [2.75, 3.05) is 10.7 Å². The minimum absolute atomic E-state index is 0.336. The molecule has 1 aromatic heterocycles. The standard InChI is InChI=1S/C27H25FN4OS/c1-17(2)20-10-6-19(7-11-20)16-29-32-27-30-24(21-8-4-18(3)5-9-21)26(34-27)31-25(33)22-12-14-23(28)15-13-22/h4-17H,1-3H3,(H,30,32)(H,31,33)/b29-16+. The van der Waals surface area contributed by atoms with Crippen LogP contribution in [-0.2, 0) is 0 Å². The Bertz CT molecular complexity index is 1290. The zero-order valence-electron chi connectivity index (χ0n) is 19.2. The number of hydrazone groups is 1. The summed E-state index contributed by atoms with van der Waals surface area (Å²) < 4.78 is 13.2. The third-order valence-electron chi connectivity index (χ3n) is 5.26. The molecule has 0 radical (unpaired) electrons. The van der Waals surface area contributed by atoms with Gasteiger partial charge in [0.05, 0.1) is 6.21 Å². The van der Waals surface area contributed by atoms with E-state index >= 15 is 0 Å². The summed E-state index contributed by atoms with van der Waals surface area (Å²) in [6, 6.07) is 21.6. The van der Waals surface area contributed by atoms with Crippen molar-refractivity contribution in [3.63, 3.8) is 0 Å². The summed E-state index contributed by atoms with van der Waals surface area (Å²) in [5, 5.41) is 8.34. The van der Waals surface area contributed by atoms with Gasteiger partial charge in [-0.15, -0.1) is 0 Å². The Balaban J connectivity index is 1.56. The molecule has 3 aromatic carbocycles. The number of rotatable bonds is 7. The highest BCUT2D eigenvalue weighted by atomic mass is 32.1. The molecular formula is C27H25FN4OS. The van der Waals surface area contributed by atoms with Crippen molar-refractivity contribution in [2.45, 2.75) is 26.7 Å². The van der Waals surface area contributed by atoms with Gasteiger partial charge in [-0.1, -0.05) is 79.3 Å².